The third-order valence-electron chi connectivity index (χ3n) is 3.07. The lowest BCUT2D eigenvalue weighted by molar-refractivity contribution is 1.36. The fourth-order valence-electron chi connectivity index (χ4n) is 2.04. The molecule has 0 bridgehead atoms. The molecule has 21 heavy (non-hydrogen) atoms. The number of pyridine rings is 1. The van der Waals surface area contributed by atoms with Gasteiger partial charge < -0.3 is 11.1 Å². The van der Waals surface area contributed by atoms with Crippen LogP contribution in [0.4, 0.5) is 17.2 Å². The van der Waals surface area contributed by atoms with Gasteiger partial charge in [0.2, 0.25) is 0 Å². The van der Waals surface area contributed by atoms with Crippen molar-refractivity contribution in [2.45, 2.75) is 0 Å². The van der Waals surface area contributed by atoms with Crippen molar-refractivity contribution in [2.75, 3.05) is 11.1 Å². The molecule has 0 spiro atoms. The van der Waals surface area contributed by atoms with E-state index in [2.05, 4.69) is 32.3 Å². The zero-order valence-corrected chi connectivity index (χ0v) is 12.6. The van der Waals surface area contributed by atoms with Crippen LogP contribution in [0.2, 0.25) is 0 Å². The number of anilines is 3. The second kappa shape index (κ2) is 5.43. The molecule has 0 fully saturated rings. The highest BCUT2D eigenvalue weighted by Crippen LogP contribution is 2.27. The molecule has 0 unspecified atom stereocenters. The minimum Gasteiger partial charge on any atom is -0.399 e. The van der Waals surface area contributed by atoms with Crippen LogP contribution in [0.15, 0.2) is 53.0 Å². The van der Waals surface area contributed by atoms with Crippen molar-refractivity contribution in [3.8, 4) is 6.07 Å². The molecule has 0 amide bonds. The van der Waals surface area contributed by atoms with Gasteiger partial charge in [-0.3, -0.25) is 0 Å². The molecule has 5 heteroatoms. The Bertz CT molecular complexity index is 868. The lowest BCUT2D eigenvalue weighted by Gasteiger charge is -2.09. The molecule has 0 atom stereocenters. The Labute approximate surface area is 130 Å². The number of nitriles is 1. The van der Waals surface area contributed by atoms with Crippen LogP contribution in [0.25, 0.3) is 10.9 Å². The van der Waals surface area contributed by atoms with E-state index in [0.29, 0.717) is 5.56 Å². The van der Waals surface area contributed by atoms with E-state index in [-0.39, 0.29) is 0 Å². The van der Waals surface area contributed by atoms with E-state index in [1.807, 2.05) is 36.4 Å². The largest absolute Gasteiger partial charge is 0.399 e. The number of nitrogens with one attached hydrogen (secondary N) is 1. The van der Waals surface area contributed by atoms with Crippen molar-refractivity contribution >= 4 is 44.0 Å². The van der Waals surface area contributed by atoms with Crippen molar-refractivity contribution in [3.63, 3.8) is 0 Å². The summed E-state index contributed by atoms with van der Waals surface area (Å²) in [5.41, 5.74) is 8.82. The molecular formula is C16H11BrN4. The van der Waals surface area contributed by atoms with Crippen molar-refractivity contribution in [1.82, 2.24) is 4.98 Å². The average Bonchev–Trinajstić information content (AvgIpc) is 2.49. The van der Waals surface area contributed by atoms with Crippen LogP contribution >= 0.6 is 15.9 Å². The maximum Gasteiger partial charge on any atom is 0.131 e. The summed E-state index contributed by atoms with van der Waals surface area (Å²) in [4.78, 5) is 4.54. The molecule has 0 saturated heterocycles. The Balaban J connectivity index is 1.95. The van der Waals surface area contributed by atoms with Crippen LogP contribution in [0, 0.1) is 11.3 Å². The number of nitrogen functional groups attached to an aromatic ring is 1. The highest BCUT2D eigenvalue weighted by molar-refractivity contribution is 9.10. The molecule has 1 aromatic heterocycles. The molecule has 4 nitrogen and oxygen atoms in total. The predicted octanol–water partition coefficient (Wildman–Crippen LogP) is 4.19. The highest BCUT2D eigenvalue weighted by Gasteiger charge is 2.04. The van der Waals surface area contributed by atoms with Gasteiger partial charge in [0, 0.05) is 15.5 Å². The zero-order chi connectivity index (χ0) is 14.8. The maximum absolute atomic E-state index is 8.87. The van der Waals surface area contributed by atoms with E-state index in [1.54, 1.807) is 12.1 Å². The minimum absolute atomic E-state index is 0.606. The number of rotatable bonds is 2. The van der Waals surface area contributed by atoms with Gasteiger partial charge in [-0.1, -0.05) is 0 Å². The van der Waals surface area contributed by atoms with Crippen LogP contribution in [-0.4, -0.2) is 4.98 Å². The number of nitrogens with two attached hydrogens (primary N) is 1. The first-order chi connectivity index (χ1) is 10.2. The minimum atomic E-state index is 0.606. The Morgan fingerprint density at radius 2 is 1.95 bits per heavy atom. The normalized spacial score (nSPS) is 10.3. The van der Waals surface area contributed by atoms with Crippen LogP contribution < -0.4 is 11.1 Å². The summed E-state index contributed by atoms with van der Waals surface area (Å²) in [6.45, 7) is 0. The van der Waals surface area contributed by atoms with E-state index < -0.39 is 0 Å². The van der Waals surface area contributed by atoms with Crippen LogP contribution in [0.5, 0.6) is 0 Å². The monoisotopic (exact) mass is 338 g/mol. The molecule has 1 heterocycles. The lowest BCUT2D eigenvalue weighted by Crippen LogP contribution is -1.95. The number of nitrogens with zero attached hydrogens (tertiary/aromatic N) is 2. The number of halogens is 1. The highest BCUT2D eigenvalue weighted by atomic mass is 79.9. The molecule has 0 aliphatic carbocycles. The molecule has 0 saturated carbocycles. The third kappa shape index (κ3) is 2.81. The Morgan fingerprint density at radius 3 is 2.71 bits per heavy atom. The molecule has 3 rings (SSSR count). The van der Waals surface area contributed by atoms with E-state index in [9.17, 15) is 0 Å². The second-order valence-corrected chi connectivity index (χ2v) is 5.43. The van der Waals surface area contributed by atoms with Gasteiger partial charge in [-0.25, -0.2) is 4.98 Å². The van der Waals surface area contributed by atoms with Crippen molar-refractivity contribution in [2.24, 2.45) is 0 Å². The molecule has 3 N–H and O–H groups in total. The first kappa shape index (κ1) is 13.4. The number of fused-ring (bicyclic) bond motifs is 1. The summed E-state index contributed by atoms with van der Waals surface area (Å²) in [7, 11) is 0. The fourth-order valence-corrected chi connectivity index (χ4v) is 2.52. The first-order valence-corrected chi connectivity index (χ1v) is 7.08. The summed E-state index contributed by atoms with van der Waals surface area (Å²) in [5, 5.41) is 13.1. The smallest absolute Gasteiger partial charge is 0.131 e. The third-order valence-corrected chi connectivity index (χ3v) is 3.73. The van der Waals surface area contributed by atoms with Gasteiger partial charge in [0.15, 0.2) is 0 Å². The molecule has 0 aliphatic heterocycles. The van der Waals surface area contributed by atoms with Crippen molar-refractivity contribution in [3.05, 3.63) is 58.6 Å². The number of hydrogen-bond donors (Lipinski definition) is 2. The maximum atomic E-state index is 8.87. The van der Waals surface area contributed by atoms with E-state index in [4.69, 9.17) is 11.0 Å². The summed E-state index contributed by atoms with van der Waals surface area (Å²) in [6, 6.07) is 17.0. The molecule has 102 valence electrons. The summed E-state index contributed by atoms with van der Waals surface area (Å²) in [6.07, 6.45) is 0. The zero-order valence-electron chi connectivity index (χ0n) is 11.0. The van der Waals surface area contributed by atoms with Crippen molar-refractivity contribution < 1.29 is 0 Å². The van der Waals surface area contributed by atoms with Gasteiger partial charge in [0.25, 0.3) is 0 Å². The van der Waals surface area contributed by atoms with Gasteiger partial charge in [0.05, 0.1) is 22.8 Å². The Hall–Kier alpha value is -2.58. The standard InChI is InChI=1S/C16H11BrN4/c17-13-7-10(9-18)1-4-15(13)21-16-6-2-11-8-12(19)3-5-14(11)20-16/h1-8H,19H2,(H,20,21). The van der Waals surface area contributed by atoms with Gasteiger partial charge in [-0.15, -0.1) is 0 Å². The van der Waals surface area contributed by atoms with Gasteiger partial charge in [-0.2, -0.15) is 5.26 Å². The van der Waals surface area contributed by atoms with Crippen LogP contribution in [-0.2, 0) is 0 Å². The lowest BCUT2D eigenvalue weighted by atomic mass is 10.2. The molecule has 2 aromatic carbocycles. The van der Waals surface area contributed by atoms with Crippen LogP contribution in [0.1, 0.15) is 5.56 Å². The van der Waals surface area contributed by atoms with Gasteiger partial charge in [0.1, 0.15) is 5.82 Å². The topological polar surface area (TPSA) is 74.7 Å². The van der Waals surface area contributed by atoms with E-state index >= 15 is 0 Å². The molecule has 0 radical (unpaired) electrons. The average molecular weight is 339 g/mol. The fraction of sp³-hybridized carbons (Fsp3) is 0. The van der Waals surface area contributed by atoms with E-state index in [0.717, 1.165) is 32.6 Å². The first-order valence-electron chi connectivity index (χ1n) is 6.29. The molecule has 0 aliphatic rings. The van der Waals surface area contributed by atoms with Gasteiger partial charge in [-0.05, 0) is 64.5 Å². The van der Waals surface area contributed by atoms with Gasteiger partial charge >= 0.3 is 0 Å². The predicted molar refractivity (Wildman–Crippen MR) is 88.3 cm³/mol. The number of hydrogen-bond acceptors (Lipinski definition) is 4. The van der Waals surface area contributed by atoms with Crippen molar-refractivity contribution in [1.29, 1.82) is 5.26 Å². The SMILES string of the molecule is N#Cc1ccc(Nc2ccc3cc(N)ccc3n2)c(Br)c1. The van der Waals surface area contributed by atoms with Crippen LogP contribution in [0.3, 0.4) is 0 Å². The number of benzene rings is 2. The summed E-state index contributed by atoms with van der Waals surface area (Å²) in [5.74, 6) is 0.734. The van der Waals surface area contributed by atoms with E-state index in [1.165, 1.54) is 0 Å². The Morgan fingerprint density at radius 1 is 1.10 bits per heavy atom. The molecule has 3 aromatic rings. The summed E-state index contributed by atoms with van der Waals surface area (Å²) >= 11 is 3.45. The second-order valence-electron chi connectivity index (χ2n) is 4.58. The Kier molecular flexibility index (Phi) is 3.46. The number of aromatic nitrogens is 1. The molecular weight excluding hydrogens is 328 g/mol. The quantitative estimate of drug-likeness (QED) is 0.687. The summed E-state index contributed by atoms with van der Waals surface area (Å²) < 4.78 is 0.820.